The summed E-state index contributed by atoms with van der Waals surface area (Å²) >= 11 is 8.82. The van der Waals surface area contributed by atoms with Crippen LogP contribution in [0.4, 0.5) is 5.69 Å². The van der Waals surface area contributed by atoms with E-state index in [0.29, 0.717) is 27.2 Å². The third-order valence-corrected chi connectivity index (χ3v) is 6.03. The average molecular weight is 517 g/mol. The Hall–Kier alpha value is -2.71. The fourth-order valence-corrected chi connectivity index (χ4v) is 4.15. The third-order valence-electron chi connectivity index (χ3n) is 5.15. The zero-order valence-corrected chi connectivity index (χ0v) is 21.0. The van der Waals surface area contributed by atoms with Gasteiger partial charge < -0.3 is 9.47 Å². The normalized spacial score (nSPS) is 16.2. The van der Waals surface area contributed by atoms with Crippen molar-refractivity contribution >= 4 is 56.8 Å². The van der Waals surface area contributed by atoms with Crippen molar-refractivity contribution in [3.8, 4) is 11.5 Å². The Bertz CT molecular complexity index is 1130. The van der Waals surface area contributed by atoms with Gasteiger partial charge in [0.1, 0.15) is 5.57 Å². The highest BCUT2D eigenvalue weighted by Crippen LogP contribution is 2.38. The summed E-state index contributed by atoms with van der Waals surface area (Å²) in [6.45, 7) is 7.87. The lowest BCUT2D eigenvalue weighted by atomic mass is 10.0. The SMILES string of the molecule is CC[C@@H](C)Oc1c(Br)cc(/C=C2\C(=O)NC(=S)N(c3ccc(C)cc3C)C2=O)cc1OC. The molecule has 0 saturated carbocycles. The van der Waals surface area contributed by atoms with Crippen LogP contribution in [0.3, 0.4) is 0 Å². The summed E-state index contributed by atoms with van der Waals surface area (Å²) in [5.74, 6) is 0.0372. The van der Waals surface area contributed by atoms with Crippen LogP contribution in [0.1, 0.15) is 37.0 Å². The number of halogens is 1. The van der Waals surface area contributed by atoms with Crippen molar-refractivity contribution in [2.45, 2.75) is 40.2 Å². The van der Waals surface area contributed by atoms with E-state index in [1.54, 1.807) is 19.2 Å². The first kappa shape index (κ1) is 23.9. The number of hydrogen-bond donors (Lipinski definition) is 1. The van der Waals surface area contributed by atoms with E-state index < -0.39 is 11.8 Å². The fraction of sp³-hybridized carbons (Fsp3) is 0.292. The quantitative estimate of drug-likeness (QED) is 0.329. The Labute approximate surface area is 201 Å². The second-order valence-corrected chi connectivity index (χ2v) is 8.86. The summed E-state index contributed by atoms with van der Waals surface area (Å²) < 4.78 is 12.1. The molecule has 2 amide bonds. The summed E-state index contributed by atoms with van der Waals surface area (Å²) in [7, 11) is 1.54. The number of carbonyl (C=O) groups is 2. The summed E-state index contributed by atoms with van der Waals surface area (Å²) in [4.78, 5) is 27.3. The minimum atomic E-state index is -0.545. The van der Waals surface area contributed by atoms with Crippen molar-refractivity contribution in [2.24, 2.45) is 0 Å². The third kappa shape index (κ3) is 4.86. The van der Waals surface area contributed by atoms with E-state index in [9.17, 15) is 9.59 Å². The molecule has 1 aliphatic heterocycles. The Morgan fingerprint density at radius 1 is 1.22 bits per heavy atom. The number of methoxy groups -OCH3 is 1. The van der Waals surface area contributed by atoms with Crippen LogP contribution >= 0.6 is 28.1 Å². The van der Waals surface area contributed by atoms with Gasteiger partial charge in [0.15, 0.2) is 16.6 Å². The van der Waals surface area contributed by atoms with Gasteiger partial charge in [-0.3, -0.25) is 19.8 Å². The largest absolute Gasteiger partial charge is 0.493 e. The van der Waals surface area contributed by atoms with Crippen LogP contribution < -0.4 is 19.7 Å². The van der Waals surface area contributed by atoms with E-state index in [0.717, 1.165) is 17.5 Å². The van der Waals surface area contributed by atoms with Crippen molar-refractivity contribution in [1.29, 1.82) is 0 Å². The second-order valence-electron chi connectivity index (χ2n) is 7.62. The maximum absolute atomic E-state index is 13.3. The van der Waals surface area contributed by atoms with Crippen LogP contribution in [0.25, 0.3) is 6.08 Å². The molecule has 0 bridgehead atoms. The molecule has 3 rings (SSSR count). The molecule has 2 aromatic carbocycles. The number of thiocarbonyl (C=S) groups is 1. The Morgan fingerprint density at radius 3 is 2.56 bits per heavy atom. The molecule has 0 aliphatic carbocycles. The van der Waals surface area contributed by atoms with Crippen molar-refractivity contribution in [3.05, 3.63) is 57.1 Å². The molecule has 32 heavy (non-hydrogen) atoms. The van der Waals surface area contributed by atoms with Crippen molar-refractivity contribution < 1.29 is 19.1 Å². The van der Waals surface area contributed by atoms with Gasteiger partial charge in [-0.1, -0.05) is 24.6 Å². The molecule has 1 saturated heterocycles. The van der Waals surface area contributed by atoms with Crippen LogP contribution in [0.2, 0.25) is 0 Å². The lowest BCUT2D eigenvalue weighted by Crippen LogP contribution is -2.54. The topological polar surface area (TPSA) is 67.9 Å². The number of nitrogens with one attached hydrogen (secondary N) is 1. The number of benzene rings is 2. The maximum atomic E-state index is 13.3. The lowest BCUT2D eigenvalue weighted by molar-refractivity contribution is -0.122. The summed E-state index contributed by atoms with van der Waals surface area (Å²) in [5.41, 5.74) is 3.16. The molecule has 0 radical (unpaired) electrons. The number of aryl methyl sites for hydroxylation is 2. The van der Waals surface area contributed by atoms with Crippen LogP contribution in [-0.4, -0.2) is 30.1 Å². The minimum absolute atomic E-state index is 0.00224. The molecule has 168 valence electrons. The molecule has 1 fully saturated rings. The van der Waals surface area contributed by atoms with Gasteiger partial charge in [0.25, 0.3) is 11.8 Å². The number of nitrogens with zero attached hydrogens (tertiary/aromatic N) is 1. The smallest absolute Gasteiger partial charge is 0.270 e. The predicted molar refractivity (Wildman–Crippen MR) is 133 cm³/mol. The van der Waals surface area contributed by atoms with Crippen molar-refractivity contribution in [2.75, 3.05) is 12.0 Å². The summed E-state index contributed by atoms with van der Waals surface area (Å²) in [6, 6.07) is 9.19. The zero-order chi connectivity index (χ0) is 23.6. The molecule has 0 spiro atoms. The predicted octanol–water partition coefficient (Wildman–Crippen LogP) is 5.08. The molecule has 2 aromatic rings. The first-order valence-corrected chi connectivity index (χ1v) is 11.4. The van der Waals surface area contributed by atoms with Crippen LogP contribution in [0.5, 0.6) is 11.5 Å². The zero-order valence-electron chi connectivity index (χ0n) is 18.6. The number of hydrogen-bond acceptors (Lipinski definition) is 5. The second kappa shape index (κ2) is 9.83. The van der Waals surface area contributed by atoms with Gasteiger partial charge in [-0.15, -0.1) is 0 Å². The van der Waals surface area contributed by atoms with E-state index in [2.05, 4.69) is 21.2 Å². The number of anilines is 1. The fourth-order valence-electron chi connectivity index (χ4n) is 3.32. The number of rotatable bonds is 6. The minimum Gasteiger partial charge on any atom is -0.493 e. The Balaban J connectivity index is 2.03. The standard InChI is InChI=1S/C24H25BrN2O4S/c1-6-15(4)31-21-18(25)11-16(12-20(21)30-5)10-17-22(28)26-24(32)27(23(17)29)19-8-7-13(2)9-14(19)3/h7-12,15H,6H2,1-5H3,(H,26,28,32)/b17-10+/t15-/m1/s1. The molecule has 6 nitrogen and oxygen atoms in total. The molecule has 1 atom stereocenters. The average Bonchev–Trinajstić information content (AvgIpc) is 2.73. The van der Waals surface area contributed by atoms with Crippen LogP contribution in [0.15, 0.2) is 40.4 Å². The number of ether oxygens (including phenoxy) is 2. The molecule has 8 heteroatoms. The van der Waals surface area contributed by atoms with Gasteiger partial charge in [-0.2, -0.15) is 0 Å². The van der Waals surface area contributed by atoms with E-state index in [4.69, 9.17) is 21.7 Å². The Kier molecular flexibility index (Phi) is 7.36. The highest BCUT2D eigenvalue weighted by Gasteiger charge is 2.35. The summed E-state index contributed by atoms with van der Waals surface area (Å²) in [6.07, 6.45) is 2.36. The van der Waals surface area contributed by atoms with Crippen LogP contribution in [-0.2, 0) is 9.59 Å². The first-order chi connectivity index (χ1) is 15.2. The Morgan fingerprint density at radius 2 is 1.94 bits per heavy atom. The highest BCUT2D eigenvalue weighted by molar-refractivity contribution is 9.10. The summed E-state index contributed by atoms with van der Waals surface area (Å²) in [5, 5.41) is 2.68. The number of carbonyl (C=O) groups excluding carboxylic acids is 2. The first-order valence-electron chi connectivity index (χ1n) is 10.2. The van der Waals surface area contributed by atoms with E-state index in [-0.39, 0.29) is 16.8 Å². The lowest BCUT2D eigenvalue weighted by Gasteiger charge is -2.30. The highest BCUT2D eigenvalue weighted by atomic mass is 79.9. The van der Waals surface area contributed by atoms with E-state index in [1.165, 1.54) is 11.0 Å². The molecular formula is C24H25BrN2O4S. The van der Waals surface area contributed by atoms with Gasteiger partial charge in [0.05, 0.1) is 23.4 Å². The van der Waals surface area contributed by atoms with Crippen LogP contribution in [0, 0.1) is 13.8 Å². The molecular weight excluding hydrogens is 492 g/mol. The van der Waals surface area contributed by atoms with Crippen molar-refractivity contribution in [1.82, 2.24) is 5.32 Å². The monoisotopic (exact) mass is 516 g/mol. The van der Waals surface area contributed by atoms with Gasteiger partial charge in [0, 0.05) is 0 Å². The van der Waals surface area contributed by atoms with Gasteiger partial charge in [0.2, 0.25) is 0 Å². The molecule has 1 aliphatic rings. The molecule has 0 aromatic heterocycles. The molecule has 1 N–H and O–H groups in total. The van der Waals surface area contributed by atoms with Gasteiger partial charge in [-0.05, 0) is 90.7 Å². The molecule has 1 heterocycles. The van der Waals surface area contributed by atoms with Gasteiger partial charge >= 0.3 is 0 Å². The maximum Gasteiger partial charge on any atom is 0.270 e. The van der Waals surface area contributed by atoms with E-state index in [1.807, 2.05) is 45.9 Å². The number of amides is 2. The van der Waals surface area contributed by atoms with E-state index >= 15 is 0 Å². The van der Waals surface area contributed by atoms with Crippen molar-refractivity contribution in [3.63, 3.8) is 0 Å². The van der Waals surface area contributed by atoms with Gasteiger partial charge in [-0.25, -0.2) is 0 Å². The molecule has 0 unspecified atom stereocenters.